The third-order valence-corrected chi connectivity index (χ3v) is 12.9. The van der Waals surface area contributed by atoms with E-state index in [0.717, 1.165) is 6.42 Å². The summed E-state index contributed by atoms with van der Waals surface area (Å²) in [7, 11) is -1.48. The smallest absolute Gasteiger partial charge is 0.0620 e. The molecule has 0 amide bonds. The van der Waals surface area contributed by atoms with Gasteiger partial charge in [-0.25, -0.2) is 0 Å². The van der Waals surface area contributed by atoms with Crippen LogP contribution in [-0.4, -0.2) is 12.3 Å². The van der Waals surface area contributed by atoms with E-state index < -0.39 is 15.8 Å². The minimum Gasteiger partial charge on any atom is -0.0620 e. The fourth-order valence-electron chi connectivity index (χ4n) is 5.11. The molecule has 0 unspecified atom stereocenters. The Bertz CT molecular complexity index is 1240. The molecule has 0 bridgehead atoms. The van der Waals surface area contributed by atoms with Crippen molar-refractivity contribution in [1.29, 1.82) is 0 Å². The van der Waals surface area contributed by atoms with Gasteiger partial charge in [-0.05, 0) is 66.1 Å². The summed E-state index contributed by atoms with van der Waals surface area (Å²) in [4.78, 5) is 0. The van der Waals surface area contributed by atoms with Gasteiger partial charge in [0.2, 0.25) is 0 Å². The summed E-state index contributed by atoms with van der Waals surface area (Å²) < 4.78 is 0. The average Bonchev–Trinajstić information content (AvgIpc) is 3.49. The van der Waals surface area contributed by atoms with Crippen LogP contribution in [0.2, 0.25) is 0 Å². The van der Waals surface area contributed by atoms with Crippen LogP contribution in [0.1, 0.15) is 17.5 Å². The molecule has 0 saturated carbocycles. The summed E-state index contributed by atoms with van der Waals surface area (Å²) in [5.41, 5.74) is 2.84. The van der Waals surface area contributed by atoms with Gasteiger partial charge >= 0.3 is 19.5 Å². The summed E-state index contributed by atoms with van der Waals surface area (Å²) in [5.74, 6) is 0. The largest absolute Gasteiger partial charge is 0.0966 e. The molecule has 5 aromatic carbocycles. The van der Waals surface area contributed by atoms with E-state index in [2.05, 4.69) is 158 Å². The van der Waals surface area contributed by atoms with E-state index in [0.29, 0.717) is 0 Å². The van der Waals surface area contributed by atoms with Crippen molar-refractivity contribution >= 4 is 43.1 Å². The number of hydrogen-bond donors (Lipinski definition) is 0. The van der Waals surface area contributed by atoms with Crippen LogP contribution < -0.4 is 21.2 Å². The van der Waals surface area contributed by atoms with Gasteiger partial charge in [0, 0.05) is 6.42 Å². The molecule has 5 aromatic rings. The second-order valence-electron chi connectivity index (χ2n) is 9.58. The first-order valence-corrected chi connectivity index (χ1v) is 17.0. The standard InChI is InChI=1S/C27H26P2.C9H8.Ru.H/c1-5-14-24(15-6-1)28(25-16-7-2-8-17-25)22-13-23-29(26-18-9-3-10-19-26)27-20-11-4-12-21-27;1-2-5-9-7-3-6-8(9)4-1;;/h1-12,14-21H,13,22-23H2;1-6H,7H2;;/q;;+1;/p+2. The molecule has 1 radical (unpaired) electrons. The van der Waals surface area contributed by atoms with Crippen LogP contribution in [0.15, 0.2) is 152 Å². The van der Waals surface area contributed by atoms with Gasteiger partial charge in [-0.15, -0.1) is 0 Å². The molecule has 0 atom stereocenters. The van der Waals surface area contributed by atoms with Crippen LogP contribution >= 0.6 is 15.8 Å². The Morgan fingerprint density at radius 1 is 0.436 bits per heavy atom. The molecule has 0 heterocycles. The molecule has 6 rings (SSSR count). The van der Waals surface area contributed by atoms with Gasteiger partial charge in [-0.2, -0.15) is 0 Å². The van der Waals surface area contributed by atoms with E-state index >= 15 is 0 Å². The Kier molecular flexibility index (Phi) is 11.9. The molecule has 0 spiro atoms. The minimum atomic E-state index is -0.742. The maximum Gasteiger partial charge on any atom is 0.0966 e. The summed E-state index contributed by atoms with van der Waals surface area (Å²) in [6.07, 6.45) is 9.34. The zero-order valence-electron chi connectivity index (χ0n) is 22.2. The van der Waals surface area contributed by atoms with Crippen LogP contribution in [0, 0.1) is 0 Å². The topological polar surface area (TPSA) is 0 Å². The number of fused-ring (bicyclic) bond motifs is 1. The van der Waals surface area contributed by atoms with Crippen LogP contribution in [0.3, 0.4) is 0 Å². The van der Waals surface area contributed by atoms with Gasteiger partial charge in [0.05, 0.1) is 49.4 Å². The van der Waals surface area contributed by atoms with Crippen LogP contribution in [-0.2, 0) is 25.9 Å². The summed E-state index contributed by atoms with van der Waals surface area (Å²) in [6, 6.07) is 53.1. The van der Waals surface area contributed by atoms with E-state index in [9.17, 15) is 0 Å². The van der Waals surface area contributed by atoms with E-state index in [1.165, 1.54) is 51.1 Å². The molecular formula is C36H37P2Ru+3. The zero-order valence-corrected chi connectivity index (χ0v) is 26.1. The third kappa shape index (κ3) is 8.40. The third-order valence-electron chi connectivity index (χ3n) is 7.03. The zero-order chi connectivity index (χ0) is 25.8. The van der Waals surface area contributed by atoms with E-state index in [1.807, 2.05) is 0 Å². The number of hydrogen-bond acceptors (Lipinski definition) is 0. The maximum atomic E-state index is 2.32. The van der Waals surface area contributed by atoms with Gasteiger partial charge in [0.1, 0.15) is 0 Å². The second-order valence-corrected chi connectivity index (χ2v) is 14.8. The molecule has 0 fully saturated rings. The number of allylic oxidation sites excluding steroid dienone is 1. The normalized spacial score (nSPS) is 11.4. The van der Waals surface area contributed by atoms with Gasteiger partial charge in [0.25, 0.3) is 0 Å². The predicted molar refractivity (Wildman–Crippen MR) is 176 cm³/mol. The minimum absolute atomic E-state index is 0. The molecule has 196 valence electrons. The Balaban J connectivity index is 0.000000297. The Labute approximate surface area is 249 Å². The van der Waals surface area contributed by atoms with E-state index in [1.54, 1.807) is 0 Å². The predicted octanol–water partition coefficient (Wildman–Crippen LogP) is 7.09. The molecule has 3 heteroatoms. The van der Waals surface area contributed by atoms with Crippen molar-refractivity contribution in [2.24, 2.45) is 0 Å². The molecule has 0 aliphatic heterocycles. The first kappa shape index (κ1) is 29.3. The molecular weight excluding hydrogens is 595 g/mol. The van der Waals surface area contributed by atoms with Gasteiger partial charge in [0.15, 0.2) is 0 Å². The molecule has 1 aliphatic rings. The molecule has 0 aromatic heterocycles. The van der Waals surface area contributed by atoms with Gasteiger partial charge in [-0.1, -0.05) is 109 Å². The van der Waals surface area contributed by atoms with Gasteiger partial charge in [-0.3, -0.25) is 0 Å². The molecule has 0 saturated heterocycles. The Hall–Kier alpha value is -2.68. The molecule has 0 nitrogen and oxygen atoms in total. The van der Waals surface area contributed by atoms with E-state index in [-0.39, 0.29) is 19.5 Å². The van der Waals surface area contributed by atoms with Crippen molar-refractivity contribution < 1.29 is 19.5 Å². The fraction of sp³-hybridized carbons (Fsp3) is 0.111. The summed E-state index contributed by atoms with van der Waals surface area (Å²) in [6.45, 7) is 0. The molecule has 1 aliphatic carbocycles. The van der Waals surface area contributed by atoms with Crippen molar-refractivity contribution in [3.8, 4) is 0 Å². The van der Waals surface area contributed by atoms with Crippen molar-refractivity contribution in [2.45, 2.75) is 12.8 Å². The maximum absolute atomic E-state index is 2.32. The monoisotopic (exact) mass is 633 g/mol. The van der Waals surface area contributed by atoms with E-state index in [4.69, 9.17) is 0 Å². The Morgan fingerprint density at radius 2 is 0.795 bits per heavy atom. The number of rotatable bonds is 8. The quantitative estimate of drug-likeness (QED) is 0.127. The second kappa shape index (κ2) is 15.8. The van der Waals surface area contributed by atoms with Crippen molar-refractivity contribution in [3.05, 3.63) is 163 Å². The van der Waals surface area contributed by atoms with Crippen molar-refractivity contribution in [2.75, 3.05) is 12.3 Å². The van der Waals surface area contributed by atoms with Crippen LogP contribution in [0.25, 0.3) is 6.08 Å². The van der Waals surface area contributed by atoms with Gasteiger partial charge < -0.3 is 0 Å². The molecule has 0 N–H and O–H groups in total. The summed E-state index contributed by atoms with van der Waals surface area (Å²) in [5, 5.41) is 6.10. The fourth-order valence-corrected chi connectivity index (χ4v) is 10.7. The SMILES string of the molecule is C1=Cc2ccccc2C1.[RuH+].c1ccc([PH+](CCC[PH+](c2ccccc2)c2ccccc2)c2ccccc2)cc1. The first-order valence-electron chi connectivity index (χ1n) is 13.6. The average molecular weight is 633 g/mol. The first-order chi connectivity index (χ1) is 18.9. The van der Waals surface area contributed by atoms with Crippen molar-refractivity contribution in [1.82, 2.24) is 0 Å². The number of benzene rings is 5. The van der Waals surface area contributed by atoms with Crippen molar-refractivity contribution in [3.63, 3.8) is 0 Å². The Morgan fingerprint density at radius 3 is 1.18 bits per heavy atom. The molecule has 39 heavy (non-hydrogen) atoms. The summed E-state index contributed by atoms with van der Waals surface area (Å²) >= 11 is 0. The van der Waals surface area contributed by atoms with Crippen LogP contribution in [0.5, 0.6) is 0 Å². The van der Waals surface area contributed by atoms with Crippen LogP contribution in [0.4, 0.5) is 0 Å².